The van der Waals surface area contributed by atoms with Gasteiger partial charge in [-0.3, -0.25) is 0 Å². The molecule has 92 valence electrons. The smallest absolute Gasteiger partial charge is 0.320 e. The van der Waals surface area contributed by atoms with Crippen molar-refractivity contribution in [1.29, 1.82) is 0 Å². The van der Waals surface area contributed by atoms with E-state index in [2.05, 4.69) is 16.5 Å². The second-order valence-electron chi connectivity index (χ2n) is 4.44. The van der Waals surface area contributed by atoms with Gasteiger partial charge in [-0.25, -0.2) is 4.79 Å². The first-order chi connectivity index (χ1) is 7.83. The summed E-state index contributed by atoms with van der Waals surface area (Å²) in [5.74, 6) is 1.05. The number of nitrogens with one attached hydrogen (secondary N) is 1. The predicted octanol–water partition coefficient (Wildman–Crippen LogP) is 0.839. The van der Waals surface area contributed by atoms with E-state index in [1.54, 1.807) is 11.8 Å². The van der Waals surface area contributed by atoms with Crippen LogP contribution in [-0.2, 0) is 0 Å². The number of hydrogen-bond acceptors (Lipinski definition) is 3. The molecule has 2 fully saturated rings. The fraction of sp³-hybridized carbons (Fsp3) is 0.909. The molecule has 4 nitrogen and oxygen atoms in total. The summed E-state index contributed by atoms with van der Waals surface area (Å²) in [6.07, 6.45) is 4.31. The fourth-order valence-corrected chi connectivity index (χ4v) is 2.87. The van der Waals surface area contributed by atoms with Gasteiger partial charge < -0.3 is 15.1 Å². The standard InChI is InChI=1S/C11H21N3OS/c1-16-9-8-13-6-7-14(11(13)15)10-2-4-12-5-3-10/h10,12H,2-9H2,1H3. The molecule has 0 aromatic heterocycles. The van der Waals surface area contributed by atoms with Crippen molar-refractivity contribution < 1.29 is 4.79 Å². The molecule has 2 saturated heterocycles. The second-order valence-corrected chi connectivity index (χ2v) is 5.42. The number of rotatable bonds is 4. The molecule has 2 rings (SSSR count). The van der Waals surface area contributed by atoms with Gasteiger partial charge in [0, 0.05) is 31.4 Å². The first kappa shape index (κ1) is 12.0. The Morgan fingerprint density at radius 3 is 2.81 bits per heavy atom. The Kier molecular flexibility index (Phi) is 4.35. The van der Waals surface area contributed by atoms with Gasteiger partial charge in [-0.15, -0.1) is 0 Å². The zero-order valence-electron chi connectivity index (χ0n) is 9.95. The lowest BCUT2D eigenvalue weighted by Crippen LogP contribution is -2.45. The van der Waals surface area contributed by atoms with Crippen molar-refractivity contribution in [3.63, 3.8) is 0 Å². The van der Waals surface area contributed by atoms with Crippen molar-refractivity contribution >= 4 is 17.8 Å². The summed E-state index contributed by atoms with van der Waals surface area (Å²) < 4.78 is 0. The van der Waals surface area contributed by atoms with E-state index in [0.717, 1.165) is 51.3 Å². The van der Waals surface area contributed by atoms with Gasteiger partial charge >= 0.3 is 6.03 Å². The summed E-state index contributed by atoms with van der Waals surface area (Å²) >= 11 is 1.80. The molecule has 0 spiro atoms. The van der Waals surface area contributed by atoms with E-state index in [1.807, 2.05) is 4.90 Å². The maximum Gasteiger partial charge on any atom is 0.320 e. The molecule has 2 heterocycles. The van der Waals surface area contributed by atoms with Crippen LogP contribution in [0.1, 0.15) is 12.8 Å². The molecule has 0 atom stereocenters. The minimum absolute atomic E-state index is 0.265. The van der Waals surface area contributed by atoms with Crippen LogP contribution >= 0.6 is 11.8 Å². The third-order valence-electron chi connectivity index (χ3n) is 3.44. The molecule has 0 bridgehead atoms. The number of nitrogens with zero attached hydrogens (tertiary/aromatic N) is 2. The van der Waals surface area contributed by atoms with Gasteiger partial charge in [0.2, 0.25) is 0 Å². The Morgan fingerprint density at radius 2 is 2.12 bits per heavy atom. The van der Waals surface area contributed by atoms with E-state index in [-0.39, 0.29) is 6.03 Å². The zero-order valence-corrected chi connectivity index (χ0v) is 10.8. The van der Waals surface area contributed by atoms with E-state index in [9.17, 15) is 4.79 Å². The summed E-state index contributed by atoms with van der Waals surface area (Å²) in [6.45, 7) is 4.86. The Balaban J connectivity index is 1.85. The van der Waals surface area contributed by atoms with E-state index in [4.69, 9.17) is 0 Å². The molecular formula is C11H21N3OS. The van der Waals surface area contributed by atoms with E-state index >= 15 is 0 Å². The highest BCUT2D eigenvalue weighted by Crippen LogP contribution is 2.18. The minimum atomic E-state index is 0.265. The maximum atomic E-state index is 12.1. The lowest BCUT2D eigenvalue weighted by atomic mass is 10.1. The lowest BCUT2D eigenvalue weighted by molar-refractivity contribution is 0.167. The maximum absolute atomic E-state index is 12.1. The van der Waals surface area contributed by atoms with Crippen LogP contribution < -0.4 is 5.32 Å². The molecule has 2 amide bonds. The van der Waals surface area contributed by atoms with Gasteiger partial charge in [0.15, 0.2) is 0 Å². The first-order valence-corrected chi connectivity index (χ1v) is 7.47. The summed E-state index contributed by atoms with van der Waals surface area (Å²) in [7, 11) is 0. The third kappa shape index (κ3) is 2.63. The predicted molar refractivity (Wildman–Crippen MR) is 67.9 cm³/mol. The number of amides is 2. The molecule has 2 aliphatic heterocycles. The van der Waals surface area contributed by atoms with E-state index in [1.165, 1.54) is 0 Å². The monoisotopic (exact) mass is 243 g/mol. The number of carbonyl (C=O) groups excluding carboxylic acids is 1. The normalized spacial score (nSPS) is 23.2. The van der Waals surface area contributed by atoms with Crippen molar-refractivity contribution in [2.45, 2.75) is 18.9 Å². The van der Waals surface area contributed by atoms with Crippen LogP contribution in [-0.4, -0.2) is 66.6 Å². The molecular weight excluding hydrogens is 222 g/mol. The van der Waals surface area contributed by atoms with E-state index < -0.39 is 0 Å². The van der Waals surface area contributed by atoms with E-state index in [0.29, 0.717) is 6.04 Å². The summed E-state index contributed by atoms with van der Waals surface area (Å²) in [5.41, 5.74) is 0. The average molecular weight is 243 g/mol. The van der Waals surface area contributed by atoms with Crippen LogP contribution in [0.25, 0.3) is 0 Å². The highest BCUT2D eigenvalue weighted by molar-refractivity contribution is 7.98. The number of carbonyl (C=O) groups is 1. The van der Waals surface area contributed by atoms with Gasteiger partial charge in [0.25, 0.3) is 0 Å². The van der Waals surface area contributed by atoms with Crippen LogP contribution in [0.4, 0.5) is 4.79 Å². The van der Waals surface area contributed by atoms with Crippen molar-refractivity contribution in [1.82, 2.24) is 15.1 Å². The molecule has 0 aromatic rings. The third-order valence-corrected chi connectivity index (χ3v) is 4.03. The molecule has 5 heteroatoms. The van der Waals surface area contributed by atoms with Crippen LogP contribution in [0.5, 0.6) is 0 Å². The molecule has 1 N–H and O–H groups in total. The fourth-order valence-electron chi connectivity index (χ4n) is 2.47. The molecule has 16 heavy (non-hydrogen) atoms. The highest BCUT2D eigenvalue weighted by atomic mass is 32.2. The summed E-state index contributed by atoms with van der Waals surface area (Å²) in [6, 6.07) is 0.744. The van der Waals surface area contributed by atoms with Crippen molar-refractivity contribution in [2.24, 2.45) is 0 Å². The highest BCUT2D eigenvalue weighted by Gasteiger charge is 2.33. The van der Waals surface area contributed by atoms with Gasteiger partial charge in [0.05, 0.1) is 0 Å². The summed E-state index contributed by atoms with van der Waals surface area (Å²) in [4.78, 5) is 16.2. The zero-order chi connectivity index (χ0) is 11.4. The van der Waals surface area contributed by atoms with Crippen LogP contribution in [0.15, 0.2) is 0 Å². The van der Waals surface area contributed by atoms with Crippen LogP contribution in [0.3, 0.4) is 0 Å². The van der Waals surface area contributed by atoms with Gasteiger partial charge in [-0.2, -0.15) is 11.8 Å². The molecule has 0 unspecified atom stereocenters. The van der Waals surface area contributed by atoms with Gasteiger partial charge in [-0.05, 0) is 32.2 Å². The van der Waals surface area contributed by atoms with Gasteiger partial charge in [-0.1, -0.05) is 0 Å². The number of urea groups is 1. The Morgan fingerprint density at radius 1 is 1.38 bits per heavy atom. The SMILES string of the molecule is CSCCN1CCN(C2CCNCC2)C1=O. The van der Waals surface area contributed by atoms with Gasteiger partial charge in [0.1, 0.15) is 0 Å². The topological polar surface area (TPSA) is 35.6 Å². The number of piperidine rings is 1. The number of thioether (sulfide) groups is 1. The number of hydrogen-bond donors (Lipinski definition) is 1. The first-order valence-electron chi connectivity index (χ1n) is 6.08. The van der Waals surface area contributed by atoms with Crippen molar-refractivity contribution in [3.8, 4) is 0 Å². The molecule has 0 aliphatic carbocycles. The molecule has 0 saturated carbocycles. The molecule has 2 aliphatic rings. The second kappa shape index (κ2) is 5.77. The molecule has 0 radical (unpaired) electrons. The van der Waals surface area contributed by atoms with Crippen LogP contribution in [0, 0.1) is 0 Å². The quantitative estimate of drug-likeness (QED) is 0.795. The Labute approximate surface area is 102 Å². The average Bonchev–Trinajstić information content (AvgIpc) is 2.69. The molecule has 0 aromatic carbocycles. The van der Waals surface area contributed by atoms with Crippen LogP contribution in [0.2, 0.25) is 0 Å². The lowest BCUT2D eigenvalue weighted by Gasteiger charge is -2.31. The Hall–Kier alpha value is -0.420. The minimum Gasteiger partial charge on any atom is -0.322 e. The van der Waals surface area contributed by atoms with Crippen molar-refractivity contribution in [3.05, 3.63) is 0 Å². The largest absolute Gasteiger partial charge is 0.322 e. The summed E-state index contributed by atoms with van der Waals surface area (Å²) in [5, 5.41) is 3.34. The van der Waals surface area contributed by atoms with Crippen molar-refractivity contribution in [2.75, 3.05) is 44.7 Å². The Bertz CT molecular complexity index is 243.